The molecule has 1 amide bonds. The van der Waals surface area contributed by atoms with Gasteiger partial charge in [-0.05, 0) is 41.0 Å². The van der Waals surface area contributed by atoms with Crippen molar-refractivity contribution in [2.24, 2.45) is 0 Å². The fourth-order valence-corrected chi connectivity index (χ4v) is 2.78. The number of rotatable bonds is 6. The summed E-state index contributed by atoms with van der Waals surface area (Å²) in [5.74, 6) is -2.50. The maximum absolute atomic E-state index is 13.4. The number of halogens is 2. The maximum Gasteiger partial charge on any atom is 0.263 e. The Morgan fingerprint density at radius 1 is 0.964 bits per heavy atom. The molecule has 28 heavy (non-hydrogen) atoms. The molecule has 0 spiro atoms. The van der Waals surface area contributed by atoms with Crippen molar-refractivity contribution in [3.8, 4) is 0 Å². The van der Waals surface area contributed by atoms with Gasteiger partial charge in [0.05, 0.1) is 13.2 Å². The highest BCUT2D eigenvalue weighted by Gasteiger charge is 2.13. The molecule has 0 aliphatic rings. The molecule has 2 aromatic carbocycles. The van der Waals surface area contributed by atoms with Gasteiger partial charge in [-0.15, -0.1) is 0 Å². The van der Waals surface area contributed by atoms with Crippen LogP contribution in [0, 0.1) is 11.6 Å². The van der Waals surface area contributed by atoms with Crippen LogP contribution < -0.4 is 10.9 Å². The summed E-state index contributed by atoms with van der Waals surface area (Å²) in [6, 6.07) is 13.4. The van der Waals surface area contributed by atoms with Gasteiger partial charge in [-0.1, -0.05) is 30.3 Å². The lowest BCUT2D eigenvalue weighted by molar-refractivity contribution is 0.0948. The van der Waals surface area contributed by atoms with Crippen molar-refractivity contribution < 1.29 is 18.7 Å². The van der Waals surface area contributed by atoms with Crippen molar-refractivity contribution in [1.82, 2.24) is 9.88 Å². The maximum atomic E-state index is 13.4. The number of amides is 1. The molecule has 5 nitrogen and oxygen atoms in total. The molecule has 0 fully saturated rings. The highest BCUT2D eigenvalue weighted by atomic mass is 19.2. The Morgan fingerprint density at radius 3 is 2.50 bits per heavy atom. The number of hydrogen-bond donors (Lipinski definition) is 2. The molecule has 3 rings (SSSR count). The zero-order valence-corrected chi connectivity index (χ0v) is 14.9. The van der Waals surface area contributed by atoms with E-state index in [4.69, 9.17) is 5.11 Å². The molecule has 0 atom stereocenters. The summed E-state index contributed by atoms with van der Waals surface area (Å²) in [6.07, 6.45) is 1.48. The monoisotopic (exact) mass is 384 g/mol. The first kappa shape index (κ1) is 19.4. The van der Waals surface area contributed by atoms with Crippen LogP contribution in [0.3, 0.4) is 0 Å². The van der Waals surface area contributed by atoms with Crippen molar-refractivity contribution >= 4 is 5.91 Å². The highest BCUT2D eigenvalue weighted by Crippen LogP contribution is 2.10. The van der Waals surface area contributed by atoms with E-state index in [0.717, 1.165) is 23.3 Å². The minimum Gasteiger partial charge on any atom is -0.392 e. The Hall–Kier alpha value is -3.32. The van der Waals surface area contributed by atoms with E-state index in [1.165, 1.54) is 22.9 Å². The van der Waals surface area contributed by atoms with E-state index in [2.05, 4.69) is 5.32 Å². The molecule has 1 heterocycles. The van der Waals surface area contributed by atoms with Gasteiger partial charge in [-0.25, -0.2) is 8.78 Å². The predicted molar refractivity (Wildman–Crippen MR) is 99.7 cm³/mol. The Balaban J connectivity index is 1.75. The van der Waals surface area contributed by atoms with E-state index in [-0.39, 0.29) is 25.3 Å². The molecule has 0 unspecified atom stereocenters. The third-order valence-electron chi connectivity index (χ3n) is 4.23. The fourth-order valence-electron chi connectivity index (χ4n) is 2.78. The standard InChI is InChI=1S/C21H18F2N2O3/c22-18-7-6-15(10-19(18)23)12-25-8-2-5-17(21(25)28)20(27)24-11-14-3-1-4-16(9-14)13-26/h1-10,26H,11-13H2,(H,24,27). The van der Waals surface area contributed by atoms with Crippen LogP contribution in [0.1, 0.15) is 27.0 Å². The molecule has 144 valence electrons. The lowest BCUT2D eigenvalue weighted by Crippen LogP contribution is -2.32. The summed E-state index contributed by atoms with van der Waals surface area (Å²) in [6.45, 7) is 0.106. The Kier molecular flexibility index (Phi) is 5.96. The molecule has 3 aromatic rings. The molecular formula is C21H18F2N2O3. The first-order chi connectivity index (χ1) is 13.5. The number of aliphatic hydroxyl groups excluding tert-OH is 1. The number of carbonyl (C=O) groups excluding carboxylic acids is 1. The number of nitrogens with one attached hydrogen (secondary N) is 1. The van der Waals surface area contributed by atoms with Gasteiger partial charge in [0, 0.05) is 12.7 Å². The predicted octanol–water partition coefficient (Wildman–Crippen LogP) is 2.60. The molecule has 0 aliphatic heterocycles. The fraction of sp³-hybridized carbons (Fsp3) is 0.143. The average molecular weight is 384 g/mol. The summed E-state index contributed by atoms with van der Waals surface area (Å²) < 4.78 is 27.7. The van der Waals surface area contributed by atoms with Crippen LogP contribution in [0.5, 0.6) is 0 Å². The van der Waals surface area contributed by atoms with Crippen LogP contribution in [0.4, 0.5) is 8.78 Å². The summed E-state index contributed by atoms with van der Waals surface area (Å²) >= 11 is 0. The molecule has 0 aliphatic carbocycles. The van der Waals surface area contributed by atoms with Crippen molar-refractivity contribution in [1.29, 1.82) is 0 Å². The third kappa shape index (κ3) is 4.50. The Bertz CT molecular complexity index is 1060. The number of carbonyl (C=O) groups is 1. The minimum absolute atomic E-state index is 0.00962. The molecule has 0 saturated carbocycles. The minimum atomic E-state index is -0.996. The highest BCUT2D eigenvalue weighted by molar-refractivity contribution is 5.93. The van der Waals surface area contributed by atoms with Gasteiger partial charge in [0.2, 0.25) is 0 Å². The van der Waals surface area contributed by atoms with Gasteiger partial charge >= 0.3 is 0 Å². The Labute approximate surface area is 159 Å². The molecular weight excluding hydrogens is 366 g/mol. The second kappa shape index (κ2) is 8.58. The molecule has 1 aromatic heterocycles. The first-order valence-electron chi connectivity index (χ1n) is 8.58. The lowest BCUT2D eigenvalue weighted by Gasteiger charge is -2.10. The van der Waals surface area contributed by atoms with E-state index in [1.807, 2.05) is 0 Å². The number of aromatic nitrogens is 1. The van der Waals surface area contributed by atoms with Crippen LogP contribution in [0.15, 0.2) is 65.6 Å². The molecule has 0 bridgehead atoms. The molecule has 0 radical (unpaired) electrons. The van der Waals surface area contributed by atoms with Crippen LogP contribution in [-0.2, 0) is 19.7 Å². The number of nitrogens with zero attached hydrogens (tertiary/aromatic N) is 1. The van der Waals surface area contributed by atoms with Gasteiger partial charge < -0.3 is 15.0 Å². The smallest absolute Gasteiger partial charge is 0.263 e. The zero-order valence-electron chi connectivity index (χ0n) is 14.9. The van der Waals surface area contributed by atoms with Gasteiger partial charge in [-0.3, -0.25) is 9.59 Å². The summed E-state index contributed by atoms with van der Waals surface area (Å²) in [7, 11) is 0. The van der Waals surface area contributed by atoms with E-state index < -0.39 is 23.1 Å². The van der Waals surface area contributed by atoms with Gasteiger partial charge in [-0.2, -0.15) is 0 Å². The second-order valence-electron chi connectivity index (χ2n) is 6.26. The summed E-state index contributed by atoms with van der Waals surface area (Å²) in [5.41, 5.74) is 1.33. The van der Waals surface area contributed by atoms with E-state index in [9.17, 15) is 18.4 Å². The van der Waals surface area contributed by atoms with Gasteiger partial charge in [0.25, 0.3) is 11.5 Å². The number of hydrogen-bond acceptors (Lipinski definition) is 3. The SMILES string of the molecule is O=C(NCc1cccc(CO)c1)c1cccn(Cc2ccc(F)c(F)c2)c1=O. The number of benzene rings is 2. The average Bonchev–Trinajstić information content (AvgIpc) is 2.70. The summed E-state index contributed by atoms with van der Waals surface area (Å²) in [5, 5.41) is 11.8. The van der Waals surface area contributed by atoms with E-state index >= 15 is 0 Å². The van der Waals surface area contributed by atoms with E-state index in [0.29, 0.717) is 5.56 Å². The summed E-state index contributed by atoms with van der Waals surface area (Å²) in [4.78, 5) is 25.0. The first-order valence-corrected chi connectivity index (χ1v) is 8.58. The molecule has 0 saturated heterocycles. The van der Waals surface area contributed by atoms with Crippen LogP contribution >= 0.6 is 0 Å². The van der Waals surface area contributed by atoms with Crippen LogP contribution in [0.25, 0.3) is 0 Å². The van der Waals surface area contributed by atoms with Crippen molar-refractivity contribution in [2.75, 3.05) is 0 Å². The van der Waals surface area contributed by atoms with Crippen molar-refractivity contribution in [2.45, 2.75) is 19.7 Å². The normalized spacial score (nSPS) is 10.7. The van der Waals surface area contributed by atoms with Crippen molar-refractivity contribution in [3.05, 3.63) is 105 Å². The second-order valence-corrected chi connectivity index (χ2v) is 6.26. The molecule has 7 heteroatoms. The van der Waals surface area contributed by atoms with Crippen LogP contribution in [0.2, 0.25) is 0 Å². The number of pyridine rings is 1. The third-order valence-corrected chi connectivity index (χ3v) is 4.23. The lowest BCUT2D eigenvalue weighted by atomic mass is 10.1. The quantitative estimate of drug-likeness (QED) is 0.686. The Morgan fingerprint density at radius 2 is 1.75 bits per heavy atom. The molecule has 2 N–H and O–H groups in total. The van der Waals surface area contributed by atoms with Gasteiger partial charge in [0.15, 0.2) is 11.6 Å². The number of aliphatic hydroxyl groups is 1. The van der Waals surface area contributed by atoms with Crippen molar-refractivity contribution in [3.63, 3.8) is 0 Å². The van der Waals surface area contributed by atoms with E-state index in [1.54, 1.807) is 30.3 Å². The largest absolute Gasteiger partial charge is 0.392 e. The van der Waals surface area contributed by atoms with Gasteiger partial charge in [0.1, 0.15) is 5.56 Å². The zero-order chi connectivity index (χ0) is 20.1. The van der Waals surface area contributed by atoms with Crippen LogP contribution in [-0.4, -0.2) is 15.6 Å². The topological polar surface area (TPSA) is 71.3 Å².